The topological polar surface area (TPSA) is 0 Å². The first-order valence-corrected chi connectivity index (χ1v) is 5.40. The van der Waals surface area contributed by atoms with Gasteiger partial charge >= 0.3 is 0 Å². The molecule has 0 heterocycles. The highest BCUT2D eigenvalue weighted by Gasteiger charge is 2.44. The smallest absolute Gasteiger partial charge is 0.0380 e. The van der Waals surface area contributed by atoms with Crippen LogP contribution in [0.3, 0.4) is 0 Å². The molecule has 2 fully saturated rings. The molecule has 2 aliphatic rings. The maximum atomic E-state index is 2.31. The van der Waals surface area contributed by atoms with Crippen molar-refractivity contribution in [2.24, 2.45) is 17.8 Å². The highest BCUT2D eigenvalue weighted by Crippen LogP contribution is 2.55. The van der Waals surface area contributed by atoms with Crippen LogP contribution in [0, 0.1) is 17.8 Å². The van der Waals surface area contributed by atoms with Gasteiger partial charge < -0.3 is 0 Å². The van der Waals surface area contributed by atoms with Crippen LogP contribution in [0.2, 0.25) is 0 Å². The van der Waals surface area contributed by atoms with Crippen LogP contribution < -0.4 is 0 Å². The molecule has 0 aromatic heterocycles. The third-order valence-corrected chi connectivity index (χ3v) is 3.04. The van der Waals surface area contributed by atoms with Crippen molar-refractivity contribution >= 4 is 0 Å². The zero-order chi connectivity index (χ0) is 8.27. The summed E-state index contributed by atoms with van der Waals surface area (Å²) in [5.74, 6) is 3.53. The molecule has 2 atom stereocenters. The summed E-state index contributed by atoms with van der Waals surface area (Å²) in [5.41, 5.74) is 0. The van der Waals surface area contributed by atoms with E-state index in [4.69, 9.17) is 0 Å². The maximum absolute atomic E-state index is 2.31. The van der Waals surface area contributed by atoms with Gasteiger partial charge in [0.2, 0.25) is 0 Å². The van der Waals surface area contributed by atoms with Crippen molar-refractivity contribution in [2.75, 3.05) is 0 Å². The van der Waals surface area contributed by atoms with Gasteiger partial charge in [-0.3, -0.25) is 0 Å². The van der Waals surface area contributed by atoms with Crippen molar-refractivity contribution in [1.29, 1.82) is 0 Å². The minimum atomic E-state index is 1.14. The Labute approximate surface area is 71.4 Å². The predicted octanol–water partition coefficient (Wildman–Crippen LogP) is 3.86. The van der Waals surface area contributed by atoms with Crippen molar-refractivity contribution in [1.82, 2.24) is 0 Å². The van der Waals surface area contributed by atoms with Crippen molar-refractivity contribution in [3.8, 4) is 0 Å². The first-order chi connectivity index (χ1) is 5.40. The quantitative estimate of drug-likeness (QED) is 0.566. The Bertz CT molecular complexity index is 96.6. The fourth-order valence-corrected chi connectivity index (χ4v) is 2.48. The molecule has 0 heteroatoms. The fraction of sp³-hybridized carbons (Fsp3) is 1.00. The lowest BCUT2D eigenvalue weighted by Gasteiger charge is -2.07. The molecule has 0 aliphatic heterocycles. The minimum Gasteiger partial charge on any atom is -0.0683 e. The lowest BCUT2D eigenvalue weighted by atomic mass is 9.98. The summed E-state index contributed by atoms with van der Waals surface area (Å²) in [6.45, 7) is 6.31. The number of hydrogen-bond donors (Lipinski definition) is 0. The second-order valence-electron chi connectivity index (χ2n) is 3.88. The largest absolute Gasteiger partial charge is 0.0683 e. The Morgan fingerprint density at radius 1 is 1.00 bits per heavy atom. The molecule has 0 nitrogen and oxygen atoms in total. The Kier molecular flexibility index (Phi) is 3.42. The number of rotatable bonds is 2. The Balaban J connectivity index is 0.000000281. The van der Waals surface area contributed by atoms with E-state index in [-0.39, 0.29) is 0 Å². The molecule has 2 aliphatic carbocycles. The van der Waals surface area contributed by atoms with E-state index in [0.29, 0.717) is 0 Å². The van der Waals surface area contributed by atoms with Gasteiger partial charge in [0.1, 0.15) is 0 Å². The maximum Gasteiger partial charge on any atom is -0.0380 e. The van der Waals surface area contributed by atoms with Crippen LogP contribution >= 0.6 is 0 Å². The van der Waals surface area contributed by atoms with Crippen molar-refractivity contribution in [2.45, 2.75) is 52.9 Å². The van der Waals surface area contributed by atoms with Gasteiger partial charge in [-0.15, -0.1) is 0 Å². The van der Waals surface area contributed by atoms with Gasteiger partial charge in [-0.25, -0.2) is 0 Å². The molecule has 11 heavy (non-hydrogen) atoms. The zero-order valence-electron chi connectivity index (χ0n) is 8.27. The molecule has 0 bridgehead atoms. The molecule has 2 saturated carbocycles. The second-order valence-corrected chi connectivity index (χ2v) is 3.88. The van der Waals surface area contributed by atoms with Crippen LogP contribution in [0.1, 0.15) is 52.9 Å². The predicted molar refractivity (Wildman–Crippen MR) is 50.6 cm³/mol. The molecule has 0 spiro atoms. The van der Waals surface area contributed by atoms with Crippen molar-refractivity contribution in [3.05, 3.63) is 0 Å². The molecule has 0 aromatic rings. The monoisotopic (exact) mass is 154 g/mol. The van der Waals surface area contributed by atoms with E-state index in [9.17, 15) is 0 Å². The average molecular weight is 154 g/mol. The van der Waals surface area contributed by atoms with Crippen LogP contribution in [-0.4, -0.2) is 0 Å². The van der Waals surface area contributed by atoms with E-state index in [2.05, 4.69) is 6.92 Å². The van der Waals surface area contributed by atoms with Crippen molar-refractivity contribution in [3.63, 3.8) is 0 Å². The molecule has 66 valence electrons. The van der Waals surface area contributed by atoms with E-state index in [1.165, 1.54) is 24.7 Å². The Morgan fingerprint density at radius 3 is 2.00 bits per heavy atom. The summed E-state index contributed by atoms with van der Waals surface area (Å²) >= 11 is 0. The summed E-state index contributed by atoms with van der Waals surface area (Å²) in [7, 11) is 0. The summed E-state index contributed by atoms with van der Waals surface area (Å²) in [4.78, 5) is 0. The van der Waals surface area contributed by atoms with Gasteiger partial charge in [0, 0.05) is 0 Å². The van der Waals surface area contributed by atoms with Gasteiger partial charge in [-0.1, -0.05) is 33.6 Å². The lowest BCUT2D eigenvalue weighted by Crippen LogP contribution is -1.94. The van der Waals surface area contributed by atoms with E-state index in [1.54, 1.807) is 19.3 Å². The summed E-state index contributed by atoms with van der Waals surface area (Å²) in [6, 6.07) is 0. The van der Waals surface area contributed by atoms with E-state index in [1.807, 2.05) is 13.8 Å². The van der Waals surface area contributed by atoms with E-state index < -0.39 is 0 Å². The SMILES string of the molecule is CC.CCCC1CC2CC2C1. The highest BCUT2D eigenvalue weighted by atomic mass is 14.5. The first kappa shape index (κ1) is 9.09. The minimum absolute atomic E-state index is 1.14. The van der Waals surface area contributed by atoms with Gasteiger partial charge in [-0.05, 0) is 37.0 Å². The van der Waals surface area contributed by atoms with Gasteiger partial charge in [-0.2, -0.15) is 0 Å². The zero-order valence-corrected chi connectivity index (χ0v) is 8.27. The van der Waals surface area contributed by atoms with Crippen LogP contribution in [-0.2, 0) is 0 Å². The van der Waals surface area contributed by atoms with Crippen LogP contribution in [0.5, 0.6) is 0 Å². The van der Waals surface area contributed by atoms with E-state index >= 15 is 0 Å². The molecule has 0 amide bonds. The summed E-state index contributed by atoms with van der Waals surface area (Å²) in [6.07, 6.45) is 7.66. The second kappa shape index (κ2) is 4.13. The van der Waals surface area contributed by atoms with Crippen LogP contribution in [0.15, 0.2) is 0 Å². The third-order valence-electron chi connectivity index (χ3n) is 3.04. The molecule has 0 radical (unpaired) electrons. The van der Waals surface area contributed by atoms with Gasteiger partial charge in [0.25, 0.3) is 0 Å². The Morgan fingerprint density at radius 2 is 1.55 bits per heavy atom. The lowest BCUT2D eigenvalue weighted by molar-refractivity contribution is 0.448. The molecular weight excluding hydrogens is 132 g/mol. The van der Waals surface area contributed by atoms with Crippen LogP contribution in [0.4, 0.5) is 0 Å². The third kappa shape index (κ3) is 2.21. The number of fused-ring (bicyclic) bond motifs is 1. The van der Waals surface area contributed by atoms with Crippen LogP contribution in [0.25, 0.3) is 0 Å². The molecule has 0 saturated heterocycles. The standard InChI is InChI=1S/C9H16.C2H6/c1-2-3-7-4-8-6-9(8)5-7;1-2/h7-9H,2-6H2,1H3;1-2H3. The highest BCUT2D eigenvalue weighted by molar-refractivity contribution is 4.95. The number of hydrogen-bond acceptors (Lipinski definition) is 0. The molecule has 2 unspecified atom stereocenters. The van der Waals surface area contributed by atoms with Gasteiger partial charge in [0.05, 0.1) is 0 Å². The van der Waals surface area contributed by atoms with Crippen molar-refractivity contribution < 1.29 is 0 Å². The first-order valence-electron chi connectivity index (χ1n) is 5.40. The van der Waals surface area contributed by atoms with E-state index in [0.717, 1.165) is 5.92 Å². The Hall–Kier alpha value is 0. The molecule has 0 N–H and O–H groups in total. The van der Waals surface area contributed by atoms with Gasteiger partial charge in [0.15, 0.2) is 0 Å². The summed E-state index contributed by atoms with van der Waals surface area (Å²) in [5, 5.41) is 0. The molecular formula is C11H22. The molecule has 2 rings (SSSR count). The average Bonchev–Trinajstić information content (AvgIpc) is 2.65. The normalized spacial score (nSPS) is 39.0. The fourth-order valence-electron chi connectivity index (χ4n) is 2.48. The molecule has 0 aromatic carbocycles. The summed E-state index contributed by atoms with van der Waals surface area (Å²) < 4.78 is 0.